The summed E-state index contributed by atoms with van der Waals surface area (Å²) in [5, 5.41) is 7.35. The predicted octanol–water partition coefficient (Wildman–Crippen LogP) is 0.579. The van der Waals surface area contributed by atoms with Crippen molar-refractivity contribution in [1.82, 2.24) is 16.0 Å². The van der Waals surface area contributed by atoms with Gasteiger partial charge in [0.1, 0.15) is 12.6 Å². The van der Waals surface area contributed by atoms with E-state index in [1.54, 1.807) is 24.3 Å². The number of hydrogen-bond acceptors (Lipinski definition) is 5. The maximum absolute atomic E-state index is 12.2. The molecule has 1 atom stereocenters. The standard InChI is InChI=1S/C19H28N4O5/c1-2-3-7-10-21-17(25)12-22-18(26)15(11-16(20)24)23-19(27)28-13-14-8-5-4-6-9-14/h4-6,8-9,15H,2-3,7,10-13H2,1H3,(H2,20,24)(H,21,25)(H,22,26)(H,23,27). The van der Waals surface area contributed by atoms with Crippen LogP contribution in [0.1, 0.15) is 38.2 Å². The first-order valence-electron chi connectivity index (χ1n) is 9.22. The summed E-state index contributed by atoms with van der Waals surface area (Å²) in [6, 6.07) is 7.76. The highest BCUT2D eigenvalue weighted by Crippen LogP contribution is 2.01. The molecule has 1 unspecified atom stereocenters. The van der Waals surface area contributed by atoms with E-state index in [2.05, 4.69) is 22.9 Å². The molecular weight excluding hydrogens is 364 g/mol. The summed E-state index contributed by atoms with van der Waals surface area (Å²) in [4.78, 5) is 47.0. The second-order valence-corrected chi connectivity index (χ2v) is 6.20. The average Bonchev–Trinajstić information content (AvgIpc) is 2.67. The first-order valence-corrected chi connectivity index (χ1v) is 9.22. The molecule has 9 nitrogen and oxygen atoms in total. The number of nitrogens with two attached hydrogens (primary N) is 1. The van der Waals surface area contributed by atoms with Crippen molar-refractivity contribution in [2.45, 2.75) is 45.3 Å². The van der Waals surface area contributed by atoms with Crippen molar-refractivity contribution in [3.05, 3.63) is 35.9 Å². The highest BCUT2D eigenvalue weighted by Gasteiger charge is 2.24. The smallest absolute Gasteiger partial charge is 0.408 e. The number of carbonyl (C=O) groups excluding carboxylic acids is 4. The third-order valence-electron chi connectivity index (χ3n) is 3.75. The van der Waals surface area contributed by atoms with Gasteiger partial charge in [0.2, 0.25) is 17.7 Å². The van der Waals surface area contributed by atoms with E-state index in [0.29, 0.717) is 6.54 Å². The van der Waals surface area contributed by atoms with E-state index in [-0.39, 0.29) is 19.1 Å². The zero-order chi connectivity index (χ0) is 20.8. The molecule has 0 aliphatic heterocycles. The molecule has 28 heavy (non-hydrogen) atoms. The third kappa shape index (κ3) is 10.1. The van der Waals surface area contributed by atoms with Crippen molar-refractivity contribution in [1.29, 1.82) is 0 Å². The first kappa shape index (κ1) is 22.9. The Labute approximate surface area is 164 Å². The second-order valence-electron chi connectivity index (χ2n) is 6.20. The van der Waals surface area contributed by atoms with Gasteiger partial charge < -0.3 is 26.4 Å². The van der Waals surface area contributed by atoms with Crippen LogP contribution in [0.25, 0.3) is 0 Å². The molecule has 0 aromatic heterocycles. The van der Waals surface area contributed by atoms with Crippen molar-refractivity contribution < 1.29 is 23.9 Å². The molecule has 1 aromatic carbocycles. The van der Waals surface area contributed by atoms with Gasteiger partial charge in [-0.2, -0.15) is 0 Å². The van der Waals surface area contributed by atoms with Crippen molar-refractivity contribution in [3.63, 3.8) is 0 Å². The van der Waals surface area contributed by atoms with Crippen LogP contribution in [-0.2, 0) is 25.7 Å². The number of alkyl carbamates (subject to hydrolysis) is 1. The van der Waals surface area contributed by atoms with E-state index in [0.717, 1.165) is 24.8 Å². The summed E-state index contributed by atoms with van der Waals surface area (Å²) in [5.74, 6) is -1.82. The minimum atomic E-state index is -1.23. The van der Waals surface area contributed by atoms with Gasteiger partial charge in [-0.1, -0.05) is 50.1 Å². The van der Waals surface area contributed by atoms with E-state index < -0.39 is 30.4 Å². The van der Waals surface area contributed by atoms with Gasteiger partial charge in [0.25, 0.3) is 0 Å². The molecule has 0 saturated carbocycles. The van der Waals surface area contributed by atoms with Gasteiger partial charge in [0.05, 0.1) is 13.0 Å². The number of hydrogen-bond donors (Lipinski definition) is 4. The van der Waals surface area contributed by atoms with E-state index in [4.69, 9.17) is 10.5 Å². The van der Waals surface area contributed by atoms with Gasteiger partial charge >= 0.3 is 6.09 Å². The van der Waals surface area contributed by atoms with Gasteiger partial charge in [-0.05, 0) is 12.0 Å². The number of unbranched alkanes of at least 4 members (excludes halogenated alkanes) is 2. The lowest BCUT2D eigenvalue weighted by atomic mass is 10.2. The van der Waals surface area contributed by atoms with Crippen LogP contribution in [0.3, 0.4) is 0 Å². The lowest BCUT2D eigenvalue weighted by Gasteiger charge is -2.17. The minimum Gasteiger partial charge on any atom is -0.445 e. The maximum Gasteiger partial charge on any atom is 0.408 e. The fraction of sp³-hybridized carbons (Fsp3) is 0.474. The Hall–Kier alpha value is -3.10. The van der Waals surface area contributed by atoms with Crippen molar-refractivity contribution in [2.24, 2.45) is 5.73 Å². The molecule has 9 heteroatoms. The highest BCUT2D eigenvalue weighted by atomic mass is 16.5. The Kier molecular flexibility index (Phi) is 10.8. The van der Waals surface area contributed by atoms with Gasteiger partial charge in [-0.3, -0.25) is 14.4 Å². The third-order valence-corrected chi connectivity index (χ3v) is 3.75. The lowest BCUT2D eigenvalue weighted by molar-refractivity contribution is -0.129. The van der Waals surface area contributed by atoms with Crippen LogP contribution < -0.4 is 21.7 Å². The summed E-state index contributed by atoms with van der Waals surface area (Å²) >= 11 is 0. The molecule has 1 rings (SSSR count). The lowest BCUT2D eigenvalue weighted by Crippen LogP contribution is -2.50. The van der Waals surface area contributed by atoms with Crippen LogP contribution in [0.2, 0.25) is 0 Å². The van der Waals surface area contributed by atoms with Crippen LogP contribution >= 0.6 is 0 Å². The molecule has 1 aromatic rings. The normalized spacial score (nSPS) is 11.2. The number of benzene rings is 1. The summed E-state index contributed by atoms with van der Waals surface area (Å²) in [7, 11) is 0. The number of ether oxygens (including phenoxy) is 1. The first-order chi connectivity index (χ1) is 13.4. The van der Waals surface area contributed by atoms with Crippen LogP contribution in [0.15, 0.2) is 30.3 Å². The molecular formula is C19H28N4O5. The molecule has 0 aliphatic rings. The van der Waals surface area contributed by atoms with Crippen molar-refractivity contribution in [3.8, 4) is 0 Å². The highest BCUT2D eigenvalue weighted by molar-refractivity contribution is 5.92. The number of primary amides is 1. The minimum absolute atomic E-state index is 0.0117. The fourth-order valence-corrected chi connectivity index (χ4v) is 2.27. The Balaban J connectivity index is 2.44. The van der Waals surface area contributed by atoms with Crippen molar-refractivity contribution >= 4 is 23.8 Å². The van der Waals surface area contributed by atoms with Gasteiger partial charge in [0, 0.05) is 6.54 Å². The molecule has 4 amide bonds. The summed E-state index contributed by atoms with van der Waals surface area (Å²) < 4.78 is 5.03. The largest absolute Gasteiger partial charge is 0.445 e. The molecule has 0 aliphatic carbocycles. The van der Waals surface area contributed by atoms with Gasteiger partial charge in [-0.15, -0.1) is 0 Å². The van der Waals surface area contributed by atoms with Crippen molar-refractivity contribution in [2.75, 3.05) is 13.1 Å². The summed E-state index contributed by atoms with van der Waals surface area (Å²) in [5.41, 5.74) is 5.90. The number of nitrogens with one attached hydrogen (secondary N) is 3. The molecule has 0 saturated heterocycles. The van der Waals surface area contributed by atoms with Gasteiger partial charge in [0.15, 0.2) is 0 Å². The van der Waals surface area contributed by atoms with Crippen LogP contribution in [0.5, 0.6) is 0 Å². The fourth-order valence-electron chi connectivity index (χ4n) is 2.27. The Morgan fingerprint density at radius 1 is 1.07 bits per heavy atom. The molecule has 154 valence electrons. The quantitative estimate of drug-likeness (QED) is 0.385. The van der Waals surface area contributed by atoms with Gasteiger partial charge in [-0.25, -0.2) is 4.79 Å². The Morgan fingerprint density at radius 3 is 2.43 bits per heavy atom. The molecule has 0 spiro atoms. The monoisotopic (exact) mass is 392 g/mol. The number of carbonyl (C=O) groups is 4. The maximum atomic E-state index is 12.2. The van der Waals surface area contributed by atoms with Crippen LogP contribution in [0, 0.1) is 0 Å². The molecule has 0 radical (unpaired) electrons. The van der Waals surface area contributed by atoms with E-state index in [1.807, 2.05) is 6.07 Å². The Bertz CT molecular complexity index is 651. The average molecular weight is 392 g/mol. The molecule has 5 N–H and O–H groups in total. The number of rotatable bonds is 12. The molecule has 0 heterocycles. The van der Waals surface area contributed by atoms with E-state index >= 15 is 0 Å². The summed E-state index contributed by atoms with van der Waals surface area (Å²) in [6.45, 7) is 2.33. The zero-order valence-electron chi connectivity index (χ0n) is 16.0. The van der Waals surface area contributed by atoms with E-state index in [9.17, 15) is 19.2 Å². The van der Waals surface area contributed by atoms with E-state index in [1.165, 1.54) is 0 Å². The zero-order valence-corrected chi connectivity index (χ0v) is 16.0. The van der Waals surface area contributed by atoms with Crippen LogP contribution in [0.4, 0.5) is 4.79 Å². The molecule has 0 bridgehead atoms. The summed E-state index contributed by atoms with van der Waals surface area (Å²) in [6.07, 6.45) is 1.62. The molecule has 0 fully saturated rings. The topological polar surface area (TPSA) is 140 Å². The van der Waals surface area contributed by atoms with Crippen LogP contribution in [-0.4, -0.2) is 42.9 Å². The Morgan fingerprint density at radius 2 is 1.79 bits per heavy atom. The predicted molar refractivity (Wildman–Crippen MR) is 103 cm³/mol. The SMILES string of the molecule is CCCCCNC(=O)CNC(=O)C(CC(N)=O)NC(=O)OCc1ccccc1. The number of amides is 4. The second kappa shape index (κ2) is 13.1.